The third-order valence-corrected chi connectivity index (χ3v) is 3.50. The summed E-state index contributed by atoms with van der Waals surface area (Å²) in [5, 5.41) is 3.50. The monoisotopic (exact) mass is 287 g/mol. The van der Waals surface area contributed by atoms with E-state index < -0.39 is 0 Å². The molecule has 1 atom stereocenters. The zero-order valence-electron chi connectivity index (χ0n) is 12.6. The van der Waals surface area contributed by atoms with Crippen LogP contribution in [0, 0.1) is 5.82 Å². The number of methoxy groups -OCH3 is 1. The molecule has 0 aliphatic heterocycles. The van der Waals surface area contributed by atoms with Gasteiger partial charge in [0.1, 0.15) is 11.6 Å². The second-order valence-electron chi connectivity index (χ2n) is 5.14. The van der Waals surface area contributed by atoms with Crippen LogP contribution in [-0.2, 0) is 12.8 Å². The quantitative estimate of drug-likeness (QED) is 0.840. The van der Waals surface area contributed by atoms with Gasteiger partial charge in [-0.1, -0.05) is 31.2 Å². The van der Waals surface area contributed by atoms with Crippen LogP contribution in [0.2, 0.25) is 0 Å². The summed E-state index contributed by atoms with van der Waals surface area (Å²) in [6.07, 6.45) is 1.80. The zero-order valence-corrected chi connectivity index (χ0v) is 12.6. The molecule has 0 saturated heterocycles. The van der Waals surface area contributed by atoms with E-state index in [1.165, 1.54) is 17.7 Å². The van der Waals surface area contributed by atoms with E-state index in [-0.39, 0.29) is 5.82 Å². The summed E-state index contributed by atoms with van der Waals surface area (Å²) in [5.74, 6) is 0.691. The van der Waals surface area contributed by atoms with Gasteiger partial charge >= 0.3 is 0 Å². The minimum Gasteiger partial charge on any atom is -0.497 e. The lowest BCUT2D eigenvalue weighted by Gasteiger charge is -2.18. The lowest BCUT2D eigenvalue weighted by molar-refractivity contribution is 0.413. The van der Waals surface area contributed by atoms with Gasteiger partial charge in [0.05, 0.1) is 7.11 Å². The molecule has 2 rings (SSSR count). The molecule has 0 aliphatic carbocycles. The first-order valence-electron chi connectivity index (χ1n) is 7.32. The van der Waals surface area contributed by atoms with Crippen LogP contribution in [0.5, 0.6) is 5.75 Å². The molecule has 3 heteroatoms. The van der Waals surface area contributed by atoms with Crippen molar-refractivity contribution in [3.05, 3.63) is 65.5 Å². The summed E-state index contributed by atoms with van der Waals surface area (Å²) in [6.45, 7) is 3.01. The van der Waals surface area contributed by atoms with Gasteiger partial charge in [-0.2, -0.15) is 0 Å². The molecule has 0 heterocycles. The Hall–Kier alpha value is -1.87. The summed E-state index contributed by atoms with van der Waals surface area (Å²) >= 11 is 0. The molecule has 2 aromatic carbocycles. The van der Waals surface area contributed by atoms with E-state index >= 15 is 0 Å². The van der Waals surface area contributed by atoms with E-state index in [0.29, 0.717) is 6.04 Å². The topological polar surface area (TPSA) is 21.3 Å². The van der Waals surface area contributed by atoms with Crippen LogP contribution < -0.4 is 10.1 Å². The Morgan fingerprint density at radius 2 is 1.76 bits per heavy atom. The molecule has 21 heavy (non-hydrogen) atoms. The molecule has 0 aromatic heterocycles. The van der Waals surface area contributed by atoms with Crippen molar-refractivity contribution in [3.8, 4) is 5.75 Å². The second kappa shape index (κ2) is 7.79. The Bertz CT molecular complexity index is 553. The largest absolute Gasteiger partial charge is 0.497 e. The van der Waals surface area contributed by atoms with Crippen LogP contribution in [0.3, 0.4) is 0 Å². The number of nitrogens with one attached hydrogen (secondary N) is 1. The van der Waals surface area contributed by atoms with Gasteiger partial charge in [-0.25, -0.2) is 4.39 Å². The maximum absolute atomic E-state index is 13.0. The summed E-state index contributed by atoms with van der Waals surface area (Å²) < 4.78 is 18.2. The molecule has 0 fully saturated rings. The Labute approximate surface area is 126 Å². The van der Waals surface area contributed by atoms with Gasteiger partial charge < -0.3 is 10.1 Å². The number of rotatable bonds is 7. The van der Waals surface area contributed by atoms with Gasteiger partial charge in [0.2, 0.25) is 0 Å². The van der Waals surface area contributed by atoms with Crippen LogP contribution in [0.1, 0.15) is 18.1 Å². The third kappa shape index (κ3) is 4.87. The van der Waals surface area contributed by atoms with E-state index in [2.05, 4.69) is 24.4 Å². The van der Waals surface area contributed by atoms with Crippen LogP contribution in [0.25, 0.3) is 0 Å². The first-order chi connectivity index (χ1) is 10.2. The fourth-order valence-electron chi connectivity index (χ4n) is 2.49. The fraction of sp³-hybridized carbons (Fsp3) is 0.333. The van der Waals surface area contributed by atoms with Crippen molar-refractivity contribution < 1.29 is 9.13 Å². The highest BCUT2D eigenvalue weighted by molar-refractivity contribution is 5.29. The Kier molecular flexibility index (Phi) is 5.76. The molecule has 0 spiro atoms. The molecule has 0 aliphatic rings. The molecule has 0 amide bonds. The van der Waals surface area contributed by atoms with Gasteiger partial charge in [0.15, 0.2) is 0 Å². The lowest BCUT2D eigenvalue weighted by atomic mass is 9.98. The molecule has 0 bridgehead atoms. The average Bonchev–Trinajstić information content (AvgIpc) is 2.50. The molecule has 0 saturated carbocycles. The molecule has 112 valence electrons. The van der Waals surface area contributed by atoms with Crippen molar-refractivity contribution in [1.82, 2.24) is 5.32 Å². The summed E-state index contributed by atoms with van der Waals surface area (Å²) in [7, 11) is 1.68. The second-order valence-corrected chi connectivity index (χ2v) is 5.14. The normalized spacial score (nSPS) is 12.1. The number of likely N-dealkylation sites (N-methyl/N-ethyl adjacent to an activating group) is 1. The standard InChI is InChI=1S/C18H22FNO/c1-3-20-17(11-14-7-9-16(19)10-8-14)12-15-5-4-6-18(13-15)21-2/h4-10,13,17,20H,3,11-12H2,1-2H3. The number of ether oxygens (including phenoxy) is 1. The highest BCUT2D eigenvalue weighted by Gasteiger charge is 2.10. The SMILES string of the molecule is CCNC(Cc1ccc(F)cc1)Cc1cccc(OC)c1. The van der Waals surface area contributed by atoms with Crippen molar-refractivity contribution in [2.24, 2.45) is 0 Å². The highest BCUT2D eigenvalue weighted by Crippen LogP contribution is 2.16. The lowest BCUT2D eigenvalue weighted by Crippen LogP contribution is -2.33. The Morgan fingerprint density at radius 1 is 1.05 bits per heavy atom. The maximum atomic E-state index is 13.0. The number of hydrogen-bond acceptors (Lipinski definition) is 2. The van der Waals surface area contributed by atoms with Crippen LogP contribution in [0.4, 0.5) is 4.39 Å². The van der Waals surface area contributed by atoms with Gasteiger partial charge in [0, 0.05) is 6.04 Å². The molecular weight excluding hydrogens is 265 g/mol. The van der Waals surface area contributed by atoms with E-state index in [1.807, 2.05) is 24.3 Å². The third-order valence-electron chi connectivity index (χ3n) is 3.50. The van der Waals surface area contributed by atoms with Gasteiger partial charge in [-0.15, -0.1) is 0 Å². The molecule has 2 nitrogen and oxygen atoms in total. The molecule has 1 unspecified atom stereocenters. The average molecular weight is 287 g/mol. The van der Waals surface area contributed by atoms with Crippen molar-refractivity contribution in [3.63, 3.8) is 0 Å². The zero-order chi connectivity index (χ0) is 15.1. The van der Waals surface area contributed by atoms with Crippen molar-refractivity contribution in [1.29, 1.82) is 0 Å². The van der Waals surface area contributed by atoms with Crippen LogP contribution >= 0.6 is 0 Å². The predicted octanol–water partition coefficient (Wildman–Crippen LogP) is 3.60. The van der Waals surface area contributed by atoms with E-state index in [1.54, 1.807) is 7.11 Å². The van der Waals surface area contributed by atoms with Gasteiger partial charge in [0.25, 0.3) is 0 Å². The van der Waals surface area contributed by atoms with E-state index in [0.717, 1.165) is 30.7 Å². The molecule has 2 aromatic rings. The van der Waals surface area contributed by atoms with E-state index in [4.69, 9.17) is 4.74 Å². The fourth-order valence-corrected chi connectivity index (χ4v) is 2.49. The maximum Gasteiger partial charge on any atom is 0.123 e. The summed E-state index contributed by atoms with van der Waals surface area (Å²) in [6, 6.07) is 15.2. The van der Waals surface area contributed by atoms with Crippen molar-refractivity contribution in [2.75, 3.05) is 13.7 Å². The van der Waals surface area contributed by atoms with Crippen LogP contribution in [0.15, 0.2) is 48.5 Å². The Morgan fingerprint density at radius 3 is 2.43 bits per heavy atom. The first kappa shape index (κ1) is 15.5. The summed E-state index contributed by atoms with van der Waals surface area (Å²) in [4.78, 5) is 0. The minimum atomic E-state index is -0.188. The van der Waals surface area contributed by atoms with Crippen molar-refractivity contribution in [2.45, 2.75) is 25.8 Å². The van der Waals surface area contributed by atoms with Gasteiger partial charge in [-0.3, -0.25) is 0 Å². The number of benzene rings is 2. The van der Waals surface area contributed by atoms with E-state index in [9.17, 15) is 4.39 Å². The number of hydrogen-bond donors (Lipinski definition) is 1. The smallest absolute Gasteiger partial charge is 0.123 e. The Balaban J connectivity index is 2.05. The predicted molar refractivity (Wildman–Crippen MR) is 84.3 cm³/mol. The first-order valence-corrected chi connectivity index (χ1v) is 7.32. The minimum absolute atomic E-state index is 0.188. The van der Waals surface area contributed by atoms with Gasteiger partial charge in [-0.05, 0) is 54.8 Å². The molecular formula is C18H22FNO. The van der Waals surface area contributed by atoms with Crippen LogP contribution in [-0.4, -0.2) is 19.7 Å². The summed E-state index contributed by atoms with van der Waals surface area (Å²) in [5.41, 5.74) is 2.38. The molecule has 0 radical (unpaired) electrons. The highest BCUT2D eigenvalue weighted by atomic mass is 19.1. The number of halogens is 1. The van der Waals surface area contributed by atoms with Crippen molar-refractivity contribution >= 4 is 0 Å². The molecule has 1 N–H and O–H groups in total.